The molecule has 2 rings (SSSR count). The summed E-state index contributed by atoms with van der Waals surface area (Å²) in [6.45, 7) is 2.14. The molecule has 0 spiro atoms. The van der Waals surface area contributed by atoms with Gasteiger partial charge in [0.2, 0.25) is 10.0 Å². The molecule has 0 fully saturated rings. The van der Waals surface area contributed by atoms with E-state index in [0.29, 0.717) is 6.54 Å². The van der Waals surface area contributed by atoms with Gasteiger partial charge in [0.05, 0.1) is 16.9 Å². The van der Waals surface area contributed by atoms with Crippen molar-refractivity contribution in [2.45, 2.75) is 24.4 Å². The molecule has 2 aromatic rings. The van der Waals surface area contributed by atoms with Crippen molar-refractivity contribution in [3.05, 3.63) is 42.7 Å². The van der Waals surface area contributed by atoms with E-state index in [0.717, 1.165) is 6.07 Å². The van der Waals surface area contributed by atoms with Crippen LogP contribution in [0.25, 0.3) is 0 Å². The third kappa shape index (κ3) is 3.34. The number of halogens is 1. The zero-order valence-corrected chi connectivity index (χ0v) is 11.6. The SMILES string of the molecule is CC(Cn1ccnc1)NS(=O)(=O)c1ccc(N)c(F)c1. The van der Waals surface area contributed by atoms with Crippen LogP contribution in [0.1, 0.15) is 6.92 Å². The van der Waals surface area contributed by atoms with Gasteiger partial charge in [-0.1, -0.05) is 0 Å². The minimum Gasteiger partial charge on any atom is -0.396 e. The fourth-order valence-electron chi connectivity index (χ4n) is 1.76. The third-order valence-corrected chi connectivity index (χ3v) is 4.27. The second-order valence-corrected chi connectivity index (χ2v) is 6.18. The van der Waals surface area contributed by atoms with E-state index in [1.807, 2.05) is 0 Å². The normalized spacial score (nSPS) is 13.3. The topological polar surface area (TPSA) is 90.0 Å². The summed E-state index contributed by atoms with van der Waals surface area (Å²) in [5, 5.41) is 0. The maximum absolute atomic E-state index is 13.3. The van der Waals surface area contributed by atoms with Gasteiger partial charge in [-0.15, -0.1) is 0 Å². The highest BCUT2D eigenvalue weighted by Crippen LogP contribution is 2.16. The zero-order valence-electron chi connectivity index (χ0n) is 10.8. The molecule has 0 radical (unpaired) electrons. The Morgan fingerprint density at radius 1 is 1.50 bits per heavy atom. The number of nitrogen functional groups attached to an aromatic ring is 1. The predicted octanol–water partition coefficient (Wildman–Crippen LogP) is 0.971. The van der Waals surface area contributed by atoms with Gasteiger partial charge in [-0.05, 0) is 25.1 Å². The Morgan fingerprint density at radius 3 is 2.85 bits per heavy atom. The molecule has 108 valence electrons. The summed E-state index contributed by atoms with van der Waals surface area (Å²) in [5.74, 6) is -0.755. The first-order valence-corrected chi connectivity index (χ1v) is 7.40. The van der Waals surface area contributed by atoms with Crippen LogP contribution in [0.3, 0.4) is 0 Å². The lowest BCUT2D eigenvalue weighted by Gasteiger charge is -2.15. The van der Waals surface area contributed by atoms with Crippen LogP contribution in [0, 0.1) is 5.82 Å². The van der Waals surface area contributed by atoms with Gasteiger partial charge in [0, 0.05) is 25.0 Å². The summed E-state index contributed by atoms with van der Waals surface area (Å²) in [7, 11) is -3.78. The number of anilines is 1. The Labute approximate surface area is 116 Å². The number of hydrogen-bond acceptors (Lipinski definition) is 4. The van der Waals surface area contributed by atoms with Crippen LogP contribution in [0.2, 0.25) is 0 Å². The van der Waals surface area contributed by atoms with E-state index in [2.05, 4.69) is 9.71 Å². The number of aromatic nitrogens is 2. The van der Waals surface area contributed by atoms with Crippen molar-refractivity contribution in [2.24, 2.45) is 0 Å². The lowest BCUT2D eigenvalue weighted by Crippen LogP contribution is -2.35. The monoisotopic (exact) mass is 298 g/mol. The van der Waals surface area contributed by atoms with E-state index in [4.69, 9.17) is 5.73 Å². The second kappa shape index (κ2) is 5.59. The van der Waals surface area contributed by atoms with Crippen molar-refractivity contribution < 1.29 is 12.8 Å². The summed E-state index contributed by atoms with van der Waals surface area (Å²) in [4.78, 5) is 3.72. The molecule has 3 N–H and O–H groups in total. The lowest BCUT2D eigenvalue weighted by atomic mass is 10.3. The number of rotatable bonds is 5. The predicted molar refractivity (Wildman–Crippen MR) is 72.8 cm³/mol. The number of benzene rings is 1. The van der Waals surface area contributed by atoms with Crippen molar-refractivity contribution in [2.75, 3.05) is 5.73 Å². The molecule has 0 aliphatic carbocycles. The minimum absolute atomic E-state index is 0.0876. The van der Waals surface area contributed by atoms with Crippen molar-refractivity contribution in [3.8, 4) is 0 Å². The Balaban J connectivity index is 2.12. The molecule has 8 heteroatoms. The molecule has 0 saturated heterocycles. The van der Waals surface area contributed by atoms with Crippen LogP contribution in [-0.4, -0.2) is 24.0 Å². The largest absolute Gasteiger partial charge is 0.396 e. The summed E-state index contributed by atoms with van der Waals surface area (Å²) < 4.78 is 41.7. The first-order valence-electron chi connectivity index (χ1n) is 5.91. The number of hydrogen-bond donors (Lipinski definition) is 2. The number of nitrogens with two attached hydrogens (primary N) is 1. The maximum Gasteiger partial charge on any atom is 0.240 e. The van der Waals surface area contributed by atoms with E-state index >= 15 is 0 Å². The van der Waals surface area contributed by atoms with Crippen LogP contribution in [0.4, 0.5) is 10.1 Å². The van der Waals surface area contributed by atoms with Gasteiger partial charge in [0.1, 0.15) is 5.82 Å². The molecule has 1 aromatic heterocycles. The highest BCUT2D eigenvalue weighted by Gasteiger charge is 2.18. The van der Waals surface area contributed by atoms with E-state index in [1.165, 1.54) is 12.1 Å². The second-order valence-electron chi connectivity index (χ2n) is 4.47. The Hall–Kier alpha value is -1.93. The quantitative estimate of drug-likeness (QED) is 0.805. The Kier molecular flexibility index (Phi) is 4.05. The molecule has 0 amide bonds. The fraction of sp³-hybridized carbons (Fsp3) is 0.250. The molecule has 0 aliphatic rings. The van der Waals surface area contributed by atoms with Crippen LogP contribution in [-0.2, 0) is 16.6 Å². The molecule has 1 aromatic carbocycles. The maximum atomic E-state index is 13.3. The third-order valence-electron chi connectivity index (χ3n) is 2.68. The molecule has 0 aliphatic heterocycles. The van der Waals surface area contributed by atoms with E-state index in [9.17, 15) is 12.8 Å². The lowest BCUT2D eigenvalue weighted by molar-refractivity contribution is 0.519. The van der Waals surface area contributed by atoms with Crippen LogP contribution < -0.4 is 10.5 Å². The number of imidazole rings is 1. The Bertz CT molecular complexity index is 685. The molecule has 0 bridgehead atoms. The van der Waals surface area contributed by atoms with E-state index in [1.54, 1.807) is 30.2 Å². The van der Waals surface area contributed by atoms with Crippen molar-refractivity contribution in [1.82, 2.24) is 14.3 Å². The van der Waals surface area contributed by atoms with Crippen LogP contribution in [0.15, 0.2) is 41.8 Å². The van der Waals surface area contributed by atoms with E-state index in [-0.39, 0.29) is 16.6 Å². The summed E-state index contributed by atoms with van der Waals surface area (Å²) in [6, 6.07) is 3.03. The first kappa shape index (κ1) is 14.5. The van der Waals surface area contributed by atoms with E-state index < -0.39 is 15.8 Å². The summed E-state index contributed by atoms with van der Waals surface area (Å²) in [5.41, 5.74) is 5.24. The molecular weight excluding hydrogens is 283 g/mol. The van der Waals surface area contributed by atoms with Gasteiger partial charge in [-0.25, -0.2) is 22.5 Å². The summed E-state index contributed by atoms with van der Waals surface area (Å²) in [6.07, 6.45) is 4.93. The average molecular weight is 298 g/mol. The average Bonchev–Trinajstić information content (AvgIpc) is 2.84. The highest BCUT2D eigenvalue weighted by molar-refractivity contribution is 7.89. The molecule has 1 heterocycles. The Morgan fingerprint density at radius 2 is 2.25 bits per heavy atom. The van der Waals surface area contributed by atoms with Crippen LogP contribution in [0.5, 0.6) is 0 Å². The van der Waals surface area contributed by atoms with Crippen LogP contribution >= 0.6 is 0 Å². The molecule has 1 atom stereocenters. The molecule has 0 saturated carbocycles. The summed E-state index contributed by atoms with van der Waals surface area (Å²) >= 11 is 0. The number of sulfonamides is 1. The van der Waals surface area contributed by atoms with Crippen molar-refractivity contribution in [3.63, 3.8) is 0 Å². The molecular formula is C12H15FN4O2S. The smallest absolute Gasteiger partial charge is 0.240 e. The van der Waals surface area contributed by atoms with Gasteiger partial charge < -0.3 is 10.3 Å². The highest BCUT2D eigenvalue weighted by atomic mass is 32.2. The fourth-order valence-corrected chi connectivity index (χ4v) is 3.00. The van der Waals surface area contributed by atoms with Crippen molar-refractivity contribution in [1.29, 1.82) is 0 Å². The van der Waals surface area contributed by atoms with Gasteiger partial charge in [0.25, 0.3) is 0 Å². The zero-order chi connectivity index (χ0) is 14.8. The first-order chi connectivity index (χ1) is 9.38. The standard InChI is InChI=1S/C12H15FN4O2S/c1-9(7-17-5-4-15-8-17)16-20(18,19)10-2-3-12(14)11(13)6-10/h2-6,8-9,16H,7,14H2,1H3. The van der Waals surface area contributed by atoms with Gasteiger partial charge >= 0.3 is 0 Å². The van der Waals surface area contributed by atoms with Gasteiger partial charge in [-0.2, -0.15) is 0 Å². The van der Waals surface area contributed by atoms with Crippen molar-refractivity contribution >= 4 is 15.7 Å². The van der Waals surface area contributed by atoms with Gasteiger partial charge in [-0.3, -0.25) is 0 Å². The molecule has 6 nitrogen and oxygen atoms in total. The molecule has 1 unspecified atom stereocenters. The minimum atomic E-state index is -3.78. The number of nitrogens with zero attached hydrogens (tertiary/aromatic N) is 2. The van der Waals surface area contributed by atoms with Gasteiger partial charge in [0.15, 0.2) is 0 Å². The molecule has 20 heavy (non-hydrogen) atoms. The number of nitrogens with one attached hydrogen (secondary N) is 1.